The van der Waals surface area contributed by atoms with E-state index in [2.05, 4.69) is 38.7 Å². The highest BCUT2D eigenvalue weighted by atomic mass is 15.2. The average molecular weight is 196 g/mol. The van der Waals surface area contributed by atoms with Crippen LogP contribution in [0.4, 0.5) is 0 Å². The lowest BCUT2D eigenvalue weighted by atomic mass is 10.1. The zero-order valence-electron chi connectivity index (χ0n) is 10.1. The number of hydrogen-bond donors (Lipinski definition) is 0. The van der Waals surface area contributed by atoms with E-state index >= 15 is 0 Å². The average Bonchev–Trinajstić information content (AvgIpc) is 2.18. The fraction of sp³-hybridized carbons (Fsp3) is 0.917. The van der Waals surface area contributed by atoms with Gasteiger partial charge in [0, 0.05) is 12.1 Å². The van der Waals surface area contributed by atoms with Crippen molar-refractivity contribution in [1.29, 1.82) is 5.26 Å². The summed E-state index contributed by atoms with van der Waals surface area (Å²) >= 11 is 0. The quantitative estimate of drug-likeness (QED) is 0.625. The second-order valence-corrected chi connectivity index (χ2v) is 4.06. The number of rotatable bonds is 7. The Morgan fingerprint density at radius 1 is 1.21 bits per heavy atom. The van der Waals surface area contributed by atoms with Crippen LogP contribution in [0.25, 0.3) is 0 Å². The van der Waals surface area contributed by atoms with Gasteiger partial charge in [0.1, 0.15) is 0 Å². The van der Waals surface area contributed by atoms with Crippen molar-refractivity contribution in [1.82, 2.24) is 4.90 Å². The van der Waals surface area contributed by atoms with Gasteiger partial charge in [-0.1, -0.05) is 20.3 Å². The first kappa shape index (κ1) is 13.4. The third-order valence-electron chi connectivity index (χ3n) is 2.88. The van der Waals surface area contributed by atoms with Crippen molar-refractivity contribution in [2.75, 3.05) is 6.54 Å². The number of hydrogen-bond acceptors (Lipinski definition) is 2. The van der Waals surface area contributed by atoms with E-state index in [4.69, 9.17) is 5.26 Å². The molecule has 0 aliphatic rings. The van der Waals surface area contributed by atoms with E-state index in [1.807, 2.05) is 0 Å². The van der Waals surface area contributed by atoms with Crippen LogP contribution in [0, 0.1) is 11.3 Å². The summed E-state index contributed by atoms with van der Waals surface area (Å²) in [6, 6.07) is 3.27. The molecule has 0 aromatic rings. The summed E-state index contributed by atoms with van der Waals surface area (Å²) in [5.74, 6) is 0. The van der Waals surface area contributed by atoms with Gasteiger partial charge < -0.3 is 0 Å². The van der Waals surface area contributed by atoms with Crippen molar-refractivity contribution in [3.63, 3.8) is 0 Å². The van der Waals surface area contributed by atoms with Gasteiger partial charge in [-0.05, 0) is 33.2 Å². The van der Waals surface area contributed by atoms with Crippen molar-refractivity contribution in [2.45, 2.75) is 65.5 Å². The van der Waals surface area contributed by atoms with Gasteiger partial charge in [0.25, 0.3) is 0 Å². The standard InChI is InChI=1S/C12H24N2/c1-5-7-10-14(11(3)6-2)12(4)8-9-13/h11-12H,5-8,10H2,1-4H3. The Labute approximate surface area is 88.9 Å². The van der Waals surface area contributed by atoms with Crippen LogP contribution in [0.2, 0.25) is 0 Å². The van der Waals surface area contributed by atoms with Crippen molar-refractivity contribution < 1.29 is 0 Å². The Bertz CT molecular complexity index is 172. The van der Waals surface area contributed by atoms with Crippen LogP contribution in [-0.2, 0) is 0 Å². The van der Waals surface area contributed by atoms with Gasteiger partial charge in [-0.2, -0.15) is 5.26 Å². The molecule has 82 valence electrons. The van der Waals surface area contributed by atoms with Gasteiger partial charge in [0.15, 0.2) is 0 Å². The molecule has 0 aromatic carbocycles. The van der Waals surface area contributed by atoms with Gasteiger partial charge in [-0.3, -0.25) is 4.90 Å². The summed E-state index contributed by atoms with van der Waals surface area (Å²) in [5, 5.41) is 8.69. The lowest BCUT2D eigenvalue weighted by Gasteiger charge is -2.33. The molecule has 0 bridgehead atoms. The molecule has 0 radical (unpaired) electrons. The van der Waals surface area contributed by atoms with Gasteiger partial charge in [-0.25, -0.2) is 0 Å². The predicted molar refractivity (Wildman–Crippen MR) is 61.1 cm³/mol. The van der Waals surface area contributed by atoms with Crippen molar-refractivity contribution in [3.05, 3.63) is 0 Å². The SMILES string of the molecule is CCCCN(C(C)CC)C(C)CC#N. The molecule has 0 N–H and O–H groups in total. The fourth-order valence-electron chi connectivity index (χ4n) is 1.70. The zero-order valence-corrected chi connectivity index (χ0v) is 10.1. The Kier molecular flexibility index (Phi) is 7.51. The third-order valence-corrected chi connectivity index (χ3v) is 2.88. The molecule has 0 saturated heterocycles. The lowest BCUT2D eigenvalue weighted by molar-refractivity contribution is 0.149. The minimum Gasteiger partial charge on any atom is -0.297 e. The smallest absolute Gasteiger partial charge is 0.0638 e. The molecule has 0 amide bonds. The minimum atomic E-state index is 0.404. The normalized spacial score (nSPS) is 15.1. The molecule has 0 heterocycles. The van der Waals surface area contributed by atoms with Crippen molar-refractivity contribution in [3.8, 4) is 6.07 Å². The second-order valence-electron chi connectivity index (χ2n) is 4.06. The molecule has 14 heavy (non-hydrogen) atoms. The van der Waals surface area contributed by atoms with E-state index in [0.717, 1.165) is 6.54 Å². The van der Waals surface area contributed by atoms with Crippen molar-refractivity contribution >= 4 is 0 Å². The van der Waals surface area contributed by atoms with E-state index in [-0.39, 0.29) is 0 Å². The maximum absolute atomic E-state index is 8.69. The summed E-state index contributed by atoms with van der Waals surface area (Å²) in [7, 11) is 0. The molecule has 2 unspecified atom stereocenters. The van der Waals surface area contributed by atoms with Crippen LogP contribution in [-0.4, -0.2) is 23.5 Å². The first-order valence-electron chi connectivity index (χ1n) is 5.80. The molecular weight excluding hydrogens is 172 g/mol. The number of nitriles is 1. The predicted octanol–water partition coefficient (Wildman–Crippen LogP) is 3.19. The molecule has 0 fully saturated rings. The molecule has 0 saturated carbocycles. The first-order valence-corrected chi connectivity index (χ1v) is 5.80. The lowest BCUT2D eigenvalue weighted by Crippen LogP contribution is -2.40. The van der Waals surface area contributed by atoms with Crippen LogP contribution in [0.15, 0.2) is 0 Å². The molecule has 0 rings (SSSR count). The summed E-state index contributed by atoms with van der Waals surface area (Å²) in [4.78, 5) is 2.46. The maximum Gasteiger partial charge on any atom is 0.0638 e. The molecule has 0 aliphatic carbocycles. The van der Waals surface area contributed by atoms with Crippen LogP contribution < -0.4 is 0 Å². The summed E-state index contributed by atoms with van der Waals surface area (Å²) < 4.78 is 0. The third kappa shape index (κ3) is 4.62. The summed E-state index contributed by atoms with van der Waals surface area (Å²) in [5.41, 5.74) is 0. The molecule has 0 spiro atoms. The van der Waals surface area contributed by atoms with Gasteiger partial charge in [0.05, 0.1) is 12.5 Å². The fourth-order valence-corrected chi connectivity index (χ4v) is 1.70. The summed E-state index contributed by atoms with van der Waals surface area (Å²) in [6.07, 6.45) is 4.28. The Morgan fingerprint density at radius 2 is 1.86 bits per heavy atom. The van der Waals surface area contributed by atoms with Crippen molar-refractivity contribution in [2.24, 2.45) is 0 Å². The largest absolute Gasteiger partial charge is 0.297 e. The highest BCUT2D eigenvalue weighted by Crippen LogP contribution is 2.12. The minimum absolute atomic E-state index is 0.404. The van der Waals surface area contributed by atoms with Gasteiger partial charge >= 0.3 is 0 Å². The molecule has 2 heteroatoms. The summed E-state index contributed by atoms with van der Waals surface area (Å²) in [6.45, 7) is 9.97. The highest BCUT2D eigenvalue weighted by Gasteiger charge is 2.17. The first-order chi connectivity index (χ1) is 6.67. The van der Waals surface area contributed by atoms with Gasteiger partial charge in [-0.15, -0.1) is 0 Å². The Morgan fingerprint density at radius 3 is 2.29 bits per heavy atom. The van der Waals surface area contributed by atoms with Crippen LogP contribution in [0.1, 0.15) is 53.4 Å². The molecule has 0 aliphatic heterocycles. The second kappa shape index (κ2) is 7.82. The van der Waals surface area contributed by atoms with E-state index in [1.165, 1.54) is 19.3 Å². The van der Waals surface area contributed by atoms with Crippen LogP contribution in [0.3, 0.4) is 0 Å². The van der Waals surface area contributed by atoms with Crippen LogP contribution >= 0.6 is 0 Å². The van der Waals surface area contributed by atoms with Gasteiger partial charge in [0.2, 0.25) is 0 Å². The van der Waals surface area contributed by atoms with E-state index in [0.29, 0.717) is 18.5 Å². The maximum atomic E-state index is 8.69. The molecular formula is C12H24N2. The zero-order chi connectivity index (χ0) is 11.0. The molecule has 2 nitrogen and oxygen atoms in total. The van der Waals surface area contributed by atoms with E-state index in [9.17, 15) is 0 Å². The monoisotopic (exact) mass is 196 g/mol. The number of unbranched alkanes of at least 4 members (excludes halogenated alkanes) is 1. The van der Waals surface area contributed by atoms with Crippen LogP contribution in [0.5, 0.6) is 0 Å². The van der Waals surface area contributed by atoms with E-state index < -0.39 is 0 Å². The Balaban J connectivity index is 4.15. The highest BCUT2D eigenvalue weighted by molar-refractivity contribution is 4.82. The Hall–Kier alpha value is -0.550. The number of nitrogens with zero attached hydrogens (tertiary/aromatic N) is 2. The van der Waals surface area contributed by atoms with E-state index in [1.54, 1.807) is 0 Å². The molecule has 0 aromatic heterocycles. The molecule has 2 atom stereocenters. The topological polar surface area (TPSA) is 27.0 Å².